The topological polar surface area (TPSA) is 41.6 Å². The Labute approximate surface area is 109 Å². The van der Waals surface area contributed by atoms with E-state index in [1.807, 2.05) is 43.0 Å². The molecule has 0 fully saturated rings. The summed E-state index contributed by atoms with van der Waals surface area (Å²) in [5, 5.41) is 2.89. The molecule has 0 radical (unpaired) electrons. The molecule has 0 aliphatic rings. The number of benzene rings is 1. The van der Waals surface area contributed by atoms with Crippen molar-refractivity contribution < 1.29 is 9.53 Å². The highest BCUT2D eigenvalue weighted by atomic mass is 16.5. The van der Waals surface area contributed by atoms with Crippen LogP contribution in [0.2, 0.25) is 0 Å². The van der Waals surface area contributed by atoms with Crippen LogP contribution in [0.25, 0.3) is 0 Å². The molecule has 0 atom stereocenters. The first kappa shape index (κ1) is 14.7. The lowest BCUT2D eigenvalue weighted by molar-refractivity contribution is -0.117. The lowest BCUT2D eigenvalue weighted by Crippen LogP contribution is -2.35. The quantitative estimate of drug-likeness (QED) is 0.803. The summed E-state index contributed by atoms with van der Waals surface area (Å²) >= 11 is 0. The number of likely N-dealkylation sites (N-methyl/N-ethyl adjacent to an activating group) is 1. The Morgan fingerprint density at radius 2 is 2.00 bits per heavy atom. The fourth-order valence-electron chi connectivity index (χ4n) is 1.61. The molecule has 0 aromatic heterocycles. The van der Waals surface area contributed by atoms with E-state index in [-0.39, 0.29) is 5.91 Å². The molecule has 1 rings (SSSR count). The van der Waals surface area contributed by atoms with Crippen LogP contribution < -0.4 is 5.32 Å². The zero-order valence-corrected chi connectivity index (χ0v) is 11.4. The Morgan fingerprint density at radius 3 is 2.56 bits per heavy atom. The van der Waals surface area contributed by atoms with E-state index in [0.29, 0.717) is 13.2 Å². The van der Waals surface area contributed by atoms with Crippen molar-refractivity contribution in [3.8, 4) is 0 Å². The van der Waals surface area contributed by atoms with E-state index >= 15 is 0 Å². The number of amides is 1. The minimum Gasteiger partial charge on any atom is -0.383 e. The highest BCUT2D eigenvalue weighted by Crippen LogP contribution is 2.08. The lowest BCUT2D eigenvalue weighted by Gasteiger charge is -2.19. The minimum atomic E-state index is 0.0109. The fraction of sp³-hybridized carbons (Fsp3) is 0.500. The third-order valence-corrected chi connectivity index (χ3v) is 2.76. The van der Waals surface area contributed by atoms with Gasteiger partial charge in [0.25, 0.3) is 0 Å². The average molecular weight is 250 g/mol. The van der Waals surface area contributed by atoms with Crippen LogP contribution in [0.1, 0.15) is 12.5 Å². The van der Waals surface area contributed by atoms with Crippen molar-refractivity contribution in [3.05, 3.63) is 29.8 Å². The summed E-state index contributed by atoms with van der Waals surface area (Å²) in [4.78, 5) is 13.9. The van der Waals surface area contributed by atoms with Gasteiger partial charge in [-0.25, -0.2) is 0 Å². The summed E-state index contributed by atoms with van der Waals surface area (Å²) in [6, 6.07) is 7.80. The zero-order valence-electron chi connectivity index (χ0n) is 11.4. The maximum atomic E-state index is 11.8. The molecular weight excluding hydrogens is 228 g/mol. The summed E-state index contributed by atoms with van der Waals surface area (Å²) in [6.45, 7) is 6.71. The SMILES string of the molecule is CCN(CCOC)CC(=O)Nc1ccc(C)cc1. The number of ether oxygens (including phenoxy) is 1. The number of rotatable bonds is 7. The highest BCUT2D eigenvalue weighted by Gasteiger charge is 2.08. The Hall–Kier alpha value is -1.39. The molecule has 1 N–H and O–H groups in total. The zero-order chi connectivity index (χ0) is 13.4. The molecule has 0 unspecified atom stereocenters. The second kappa shape index (κ2) is 7.84. The van der Waals surface area contributed by atoms with Gasteiger partial charge >= 0.3 is 0 Å². The Morgan fingerprint density at radius 1 is 1.33 bits per heavy atom. The second-order valence-corrected chi connectivity index (χ2v) is 4.28. The molecule has 0 saturated carbocycles. The molecule has 0 spiro atoms. The molecule has 0 aliphatic carbocycles. The summed E-state index contributed by atoms with van der Waals surface area (Å²) in [5.41, 5.74) is 2.02. The number of anilines is 1. The summed E-state index contributed by atoms with van der Waals surface area (Å²) in [6.07, 6.45) is 0. The molecule has 1 aromatic rings. The van der Waals surface area contributed by atoms with E-state index in [2.05, 4.69) is 5.32 Å². The number of aryl methyl sites for hydroxylation is 1. The van der Waals surface area contributed by atoms with E-state index in [0.717, 1.165) is 18.8 Å². The van der Waals surface area contributed by atoms with Gasteiger partial charge in [-0.2, -0.15) is 0 Å². The van der Waals surface area contributed by atoms with Crippen LogP contribution in [-0.2, 0) is 9.53 Å². The van der Waals surface area contributed by atoms with Crippen molar-refractivity contribution in [1.82, 2.24) is 4.90 Å². The Kier molecular flexibility index (Phi) is 6.39. The number of carbonyl (C=O) groups is 1. The maximum absolute atomic E-state index is 11.8. The van der Waals surface area contributed by atoms with Crippen LogP contribution in [0, 0.1) is 6.92 Å². The van der Waals surface area contributed by atoms with Gasteiger partial charge < -0.3 is 10.1 Å². The van der Waals surface area contributed by atoms with E-state index in [4.69, 9.17) is 4.74 Å². The van der Waals surface area contributed by atoms with Gasteiger partial charge in [0.2, 0.25) is 5.91 Å². The molecule has 1 aromatic carbocycles. The van der Waals surface area contributed by atoms with Crippen LogP contribution in [0.5, 0.6) is 0 Å². The molecule has 1 amide bonds. The van der Waals surface area contributed by atoms with Gasteiger partial charge in [0.15, 0.2) is 0 Å². The van der Waals surface area contributed by atoms with E-state index in [1.165, 1.54) is 5.56 Å². The van der Waals surface area contributed by atoms with Crippen LogP contribution in [-0.4, -0.2) is 44.2 Å². The number of methoxy groups -OCH3 is 1. The van der Waals surface area contributed by atoms with E-state index in [1.54, 1.807) is 7.11 Å². The first-order valence-electron chi connectivity index (χ1n) is 6.23. The molecule has 0 saturated heterocycles. The third-order valence-electron chi connectivity index (χ3n) is 2.76. The van der Waals surface area contributed by atoms with Crippen molar-refractivity contribution >= 4 is 11.6 Å². The second-order valence-electron chi connectivity index (χ2n) is 4.28. The first-order valence-corrected chi connectivity index (χ1v) is 6.23. The van der Waals surface area contributed by atoms with Crippen LogP contribution in [0.15, 0.2) is 24.3 Å². The Balaban J connectivity index is 2.42. The maximum Gasteiger partial charge on any atom is 0.238 e. The third kappa shape index (κ3) is 5.29. The van der Waals surface area contributed by atoms with E-state index < -0.39 is 0 Å². The van der Waals surface area contributed by atoms with E-state index in [9.17, 15) is 4.79 Å². The van der Waals surface area contributed by atoms with Crippen molar-refractivity contribution in [3.63, 3.8) is 0 Å². The molecule has 18 heavy (non-hydrogen) atoms. The summed E-state index contributed by atoms with van der Waals surface area (Å²) in [7, 11) is 1.67. The van der Waals surface area contributed by atoms with Crippen molar-refractivity contribution in [2.24, 2.45) is 0 Å². The number of hydrogen-bond donors (Lipinski definition) is 1. The molecule has 100 valence electrons. The van der Waals surface area contributed by atoms with Gasteiger partial charge in [-0.15, -0.1) is 0 Å². The van der Waals surface area contributed by atoms with Gasteiger partial charge in [-0.1, -0.05) is 24.6 Å². The van der Waals surface area contributed by atoms with Gasteiger partial charge in [-0.05, 0) is 25.6 Å². The van der Waals surface area contributed by atoms with Crippen molar-refractivity contribution in [1.29, 1.82) is 0 Å². The predicted molar refractivity (Wildman–Crippen MR) is 73.8 cm³/mol. The van der Waals surface area contributed by atoms with Crippen LogP contribution in [0.4, 0.5) is 5.69 Å². The molecule has 0 heterocycles. The highest BCUT2D eigenvalue weighted by molar-refractivity contribution is 5.92. The van der Waals surface area contributed by atoms with Crippen LogP contribution in [0.3, 0.4) is 0 Å². The standard InChI is InChI=1S/C14H22N2O2/c1-4-16(9-10-18-3)11-14(17)15-13-7-5-12(2)6-8-13/h5-8H,4,9-11H2,1-3H3,(H,15,17). The largest absolute Gasteiger partial charge is 0.383 e. The molecular formula is C14H22N2O2. The molecule has 0 bridgehead atoms. The monoisotopic (exact) mass is 250 g/mol. The number of nitrogens with one attached hydrogen (secondary N) is 1. The van der Waals surface area contributed by atoms with Crippen molar-refractivity contribution in [2.75, 3.05) is 38.7 Å². The minimum absolute atomic E-state index is 0.0109. The Bertz CT molecular complexity index is 363. The number of nitrogens with zero attached hydrogens (tertiary/aromatic N) is 1. The molecule has 4 heteroatoms. The first-order chi connectivity index (χ1) is 8.65. The average Bonchev–Trinajstić information content (AvgIpc) is 2.37. The smallest absolute Gasteiger partial charge is 0.238 e. The van der Waals surface area contributed by atoms with Gasteiger partial charge in [0.05, 0.1) is 13.2 Å². The van der Waals surface area contributed by atoms with Gasteiger partial charge in [-0.3, -0.25) is 9.69 Å². The van der Waals surface area contributed by atoms with Gasteiger partial charge in [0, 0.05) is 19.3 Å². The van der Waals surface area contributed by atoms with Crippen LogP contribution >= 0.6 is 0 Å². The number of hydrogen-bond acceptors (Lipinski definition) is 3. The van der Waals surface area contributed by atoms with Gasteiger partial charge in [0.1, 0.15) is 0 Å². The summed E-state index contributed by atoms with van der Waals surface area (Å²) in [5.74, 6) is 0.0109. The van der Waals surface area contributed by atoms with Crippen molar-refractivity contribution in [2.45, 2.75) is 13.8 Å². The lowest BCUT2D eigenvalue weighted by atomic mass is 10.2. The summed E-state index contributed by atoms with van der Waals surface area (Å²) < 4.78 is 5.01. The molecule has 4 nitrogen and oxygen atoms in total. The molecule has 0 aliphatic heterocycles. The fourth-order valence-corrected chi connectivity index (χ4v) is 1.61. The normalized spacial score (nSPS) is 10.7. The predicted octanol–water partition coefficient (Wildman–Crippen LogP) is 1.90. The number of carbonyl (C=O) groups excluding carboxylic acids is 1.